The number of sulfonamides is 1. The Hall–Kier alpha value is -2.00. The van der Waals surface area contributed by atoms with Gasteiger partial charge in [0.1, 0.15) is 12.4 Å². The normalized spacial score (nSPS) is 11.4. The Labute approximate surface area is 121 Å². The third-order valence-electron chi connectivity index (χ3n) is 2.53. The minimum absolute atomic E-state index is 0.104. The van der Waals surface area contributed by atoms with Gasteiger partial charge in [-0.3, -0.25) is 4.79 Å². The summed E-state index contributed by atoms with van der Waals surface area (Å²) in [5.74, 6) is -3.38. The predicted molar refractivity (Wildman–Crippen MR) is 69.8 cm³/mol. The van der Waals surface area contributed by atoms with Gasteiger partial charge in [-0.2, -0.15) is 4.31 Å². The van der Waals surface area contributed by atoms with Crippen molar-refractivity contribution >= 4 is 22.0 Å². The van der Waals surface area contributed by atoms with Crippen LogP contribution in [0.25, 0.3) is 0 Å². The second-order valence-corrected chi connectivity index (χ2v) is 6.06. The van der Waals surface area contributed by atoms with Gasteiger partial charge in [0, 0.05) is 7.05 Å². The van der Waals surface area contributed by atoms with Crippen LogP contribution in [0.15, 0.2) is 23.1 Å². The average molecular weight is 319 g/mol. The lowest BCUT2D eigenvalue weighted by Gasteiger charge is -2.16. The minimum atomic E-state index is -4.12. The van der Waals surface area contributed by atoms with Crippen LogP contribution in [0.1, 0.15) is 17.3 Å². The number of ether oxygens (including phenoxy) is 1. The number of likely N-dealkylation sites (N-methyl/N-ethyl adjacent to an activating group) is 1. The summed E-state index contributed by atoms with van der Waals surface area (Å²) in [7, 11) is -2.99. The van der Waals surface area contributed by atoms with Gasteiger partial charge in [0.05, 0.1) is 17.1 Å². The summed E-state index contributed by atoms with van der Waals surface area (Å²) >= 11 is 0. The molecule has 0 bridgehead atoms. The number of halogens is 1. The molecule has 0 saturated carbocycles. The first-order chi connectivity index (χ1) is 9.70. The highest BCUT2D eigenvalue weighted by Gasteiger charge is 2.25. The van der Waals surface area contributed by atoms with Crippen molar-refractivity contribution in [3.8, 4) is 0 Å². The van der Waals surface area contributed by atoms with Gasteiger partial charge in [0.2, 0.25) is 10.0 Å². The SMILES string of the molecule is CCOC(=O)CN(C)S(=O)(=O)c1ccc(F)c(C(=O)O)c1. The molecule has 0 aliphatic carbocycles. The lowest BCUT2D eigenvalue weighted by Crippen LogP contribution is -2.33. The molecule has 0 heterocycles. The number of aromatic carboxylic acids is 1. The van der Waals surface area contributed by atoms with Gasteiger partial charge in [0.25, 0.3) is 0 Å². The number of carbonyl (C=O) groups is 2. The maximum Gasteiger partial charge on any atom is 0.338 e. The van der Waals surface area contributed by atoms with Gasteiger partial charge in [-0.15, -0.1) is 0 Å². The average Bonchev–Trinajstić information content (AvgIpc) is 2.38. The van der Waals surface area contributed by atoms with Crippen molar-refractivity contribution in [2.45, 2.75) is 11.8 Å². The lowest BCUT2D eigenvalue weighted by molar-refractivity contribution is -0.143. The first-order valence-electron chi connectivity index (χ1n) is 5.85. The summed E-state index contributed by atoms with van der Waals surface area (Å²) in [6.45, 7) is 1.15. The molecule has 21 heavy (non-hydrogen) atoms. The predicted octanol–water partition coefficient (Wildman–Crippen LogP) is 0.708. The topological polar surface area (TPSA) is 101 Å². The molecule has 0 saturated heterocycles. The number of esters is 1. The van der Waals surface area contributed by atoms with Crippen molar-refractivity contribution in [3.05, 3.63) is 29.6 Å². The van der Waals surface area contributed by atoms with Crippen LogP contribution in [0.5, 0.6) is 0 Å². The number of carboxylic acid groups (broad SMARTS) is 1. The molecule has 0 aliphatic heterocycles. The van der Waals surface area contributed by atoms with Crippen molar-refractivity contribution in [2.75, 3.05) is 20.2 Å². The molecule has 1 rings (SSSR count). The van der Waals surface area contributed by atoms with E-state index in [-0.39, 0.29) is 6.61 Å². The molecule has 0 spiro atoms. The zero-order valence-electron chi connectivity index (χ0n) is 11.4. The molecule has 0 aliphatic rings. The van der Waals surface area contributed by atoms with Crippen molar-refractivity contribution in [2.24, 2.45) is 0 Å². The molecular formula is C12H14FNO6S. The number of benzene rings is 1. The fourth-order valence-corrected chi connectivity index (χ4v) is 2.62. The molecular weight excluding hydrogens is 305 g/mol. The van der Waals surface area contributed by atoms with Gasteiger partial charge >= 0.3 is 11.9 Å². The van der Waals surface area contributed by atoms with Crippen LogP contribution < -0.4 is 0 Å². The van der Waals surface area contributed by atoms with Gasteiger partial charge in [0.15, 0.2) is 0 Å². The molecule has 9 heteroatoms. The number of hydrogen-bond donors (Lipinski definition) is 1. The largest absolute Gasteiger partial charge is 0.478 e. The highest BCUT2D eigenvalue weighted by molar-refractivity contribution is 7.89. The first kappa shape index (κ1) is 17.1. The van der Waals surface area contributed by atoms with Crippen molar-refractivity contribution in [1.82, 2.24) is 4.31 Å². The van der Waals surface area contributed by atoms with Crippen LogP contribution in [0.2, 0.25) is 0 Å². The molecule has 0 fully saturated rings. The quantitative estimate of drug-likeness (QED) is 0.775. The third-order valence-corrected chi connectivity index (χ3v) is 4.33. The van der Waals surface area contributed by atoms with E-state index in [0.717, 1.165) is 19.2 Å². The fourth-order valence-electron chi connectivity index (χ4n) is 1.48. The van der Waals surface area contributed by atoms with Crippen molar-refractivity contribution in [1.29, 1.82) is 0 Å². The van der Waals surface area contributed by atoms with E-state index in [9.17, 15) is 22.4 Å². The van der Waals surface area contributed by atoms with Gasteiger partial charge in [-0.1, -0.05) is 0 Å². The van der Waals surface area contributed by atoms with Crippen LogP contribution >= 0.6 is 0 Å². The second-order valence-electron chi connectivity index (χ2n) is 4.01. The number of hydrogen-bond acceptors (Lipinski definition) is 5. The van der Waals surface area contributed by atoms with Gasteiger partial charge < -0.3 is 9.84 Å². The molecule has 1 aromatic rings. The van der Waals surface area contributed by atoms with E-state index in [1.807, 2.05) is 0 Å². The zero-order chi connectivity index (χ0) is 16.2. The molecule has 1 aromatic carbocycles. The summed E-state index contributed by atoms with van der Waals surface area (Å²) in [5.41, 5.74) is -0.763. The number of nitrogens with zero attached hydrogens (tertiary/aromatic N) is 1. The van der Waals surface area contributed by atoms with E-state index in [4.69, 9.17) is 5.11 Å². The molecule has 0 atom stereocenters. The second kappa shape index (κ2) is 6.64. The Morgan fingerprint density at radius 1 is 1.38 bits per heavy atom. The highest BCUT2D eigenvalue weighted by atomic mass is 32.2. The molecule has 0 aromatic heterocycles. The van der Waals surface area contributed by atoms with Crippen LogP contribution in [0.4, 0.5) is 4.39 Å². The number of carbonyl (C=O) groups excluding carboxylic acids is 1. The lowest BCUT2D eigenvalue weighted by atomic mass is 10.2. The molecule has 0 radical (unpaired) electrons. The maximum atomic E-state index is 13.3. The van der Waals surface area contributed by atoms with Crippen LogP contribution in [-0.4, -0.2) is 50.0 Å². The minimum Gasteiger partial charge on any atom is -0.478 e. The Balaban J connectivity index is 3.10. The first-order valence-corrected chi connectivity index (χ1v) is 7.29. The van der Waals surface area contributed by atoms with E-state index >= 15 is 0 Å². The zero-order valence-corrected chi connectivity index (χ0v) is 12.2. The van der Waals surface area contributed by atoms with Crippen molar-refractivity contribution < 1.29 is 32.2 Å². The highest BCUT2D eigenvalue weighted by Crippen LogP contribution is 2.18. The van der Waals surface area contributed by atoms with Gasteiger partial charge in [-0.05, 0) is 25.1 Å². The van der Waals surface area contributed by atoms with E-state index in [1.165, 1.54) is 0 Å². The Morgan fingerprint density at radius 2 is 2.00 bits per heavy atom. The molecule has 116 valence electrons. The smallest absolute Gasteiger partial charge is 0.338 e. The monoisotopic (exact) mass is 319 g/mol. The van der Waals surface area contributed by atoms with E-state index < -0.39 is 44.8 Å². The van der Waals surface area contributed by atoms with Crippen molar-refractivity contribution in [3.63, 3.8) is 0 Å². The molecule has 0 unspecified atom stereocenters. The molecule has 0 amide bonds. The van der Waals surface area contributed by atoms with E-state index in [2.05, 4.69) is 4.74 Å². The Morgan fingerprint density at radius 3 is 2.52 bits per heavy atom. The van der Waals surface area contributed by atoms with Crippen LogP contribution in [0.3, 0.4) is 0 Å². The molecule has 7 nitrogen and oxygen atoms in total. The standard InChI is InChI=1S/C12H14FNO6S/c1-3-20-11(15)7-14(2)21(18,19)8-4-5-10(13)9(6-8)12(16)17/h4-6H,3,7H2,1-2H3,(H,16,17). The summed E-state index contributed by atoms with van der Waals surface area (Å²) in [6.07, 6.45) is 0. The van der Waals surface area contributed by atoms with Gasteiger partial charge in [-0.25, -0.2) is 17.6 Å². The summed E-state index contributed by atoms with van der Waals surface area (Å²) in [6, 6.07) is 2.38. The Bertz CT molecular complexity index is 658. The summed E-state index contributed by atoms with van der Waals surface area (Å²) < 4.78 is 42.9. The third kappa shape index (κ3) is 3.99. The summed E-state index contributed by atoms with van der Waals surface area (Å²) in [5, 5.41) is 8.79. The number of carboxylic acids is 1. The van der Waals surface area contributed by atoms with Crippen LogP contribution in [-0.2, 0) is 19.6 Å². The molecule has 1 N–H and O–H groups in total. The van der Waals surface area contributed by atoms with Crippen LogP contribution in [0, 0.1) is 5.82 Å². The Kier molecular flexibility index (Phi) is 5.39. The number of rotatable bonds is 6. The van der Waals surface area contributed by atoms with E-state index in [1.54, 1.807) is 6.92 Å². The maximum absolute atomic E-state index is 13.3. The van der Waals surface area contributed by atoms with E-state index in [0.29, 0.717) is 10.4 Å². The fraction of sp³-hybridized carbons (Fsp3) is 0.333. The summed E-state index contributed by atoms with van der Waals surface area (Å²) in [4.78, 5) is 21.7.